The second kappa shape index (κ2) is 10.3. The van der Waals surface area contributed by atoms with E-state index in [0.717, 1.165) is 24.0 Å². The number of nitriles is 1. The van der Waals surface area contributed by atoms with Crippen LogP contribution in [0.2, 0.25) is 0 Å². The normalized spacial score (nSPS) is 27.2. The molecule has 1 aliphatic heterocycles. The zero-order valence-electron chi connectivity index (χ0n) is 18.7. The molecule has 3 atom stereocenters. The van der Waals surface area contributed by atoms with E-state index in [1.807, 2.05) is 36.4 Å². The summed E-state index contributed by atoms with van der Waals surface area (Å²) in [6.45, 7) is 0. The molecule has 2 aliphatic rings. The predicted octanol–water partition coefficient (Wildman–Crippen LogP) is 4.53. The molecule has 0 spiro atoms. The third-order valence-corrected chi connectivity index (χ3v) is 7.14. The number of piperidine rings is 1. The molecular formula is C27H34N4O. The van der Waals surface area contributed by atoms with Crippen LogP contribution >= 0.6 is 0 Å². The van der Waals surface area contributed by atoms with Gasteiger partial charge >= 0.3 is 0 Å². The van der Waals surface area contributed by atoms with Crippen LogP contribution in [0.1, 0.15) is 74.6 Å². The average molecular weight is 431 g/mol. The number of carbonyl (C=O) groups is 1. The van der Waals surface area contributed by atoms with Crippen molar-refractivity contribution < 1.29 is 4.79 Å². The second-order valence-corrected chi connectivity index (χ2v) is 9.53. The van der Waals surface area contributed by atoms with Gasteiger partial charge in [0, 0.05) is 24.9 Å². The molecule has 1 saturated heterocycles. The first kappa shape index (κ1) is 22.5. The quantitative estimate of drug-likeness (QED) is 0.628. The maximum atomic E-state index is 13.1. The summed E-state index contributed by atoms with van der Waals surface area (Å²) in [4.78, 5) is 13.1. The molecule has 0 bridgehead atoms. The molecule has 32 heavy (non-hydrogen) atoms. The predicted molar refractivity (Wildman–Crippen MR) is 126 cm³/mol. The van der Waals surface area contributed by atoms with Gasteiger partial charge in [0.05, 0.1) is 12.1 Å². The van der Waals surface area contributed by atoms with Gasteiger partial charge in [0.15, 0.2) is 0 Å². The van der Waals surface area contributed by atoms with Crippen LogP contribution in [0.5, 0.6) is 0 Å². The number of benzene rings is 2. The molecule has 3 unspecified atom stereocenters. The minimum absolute atomic E-state index is 0.0373. The molecule has 168 valence electrons. The Morgan fingerprint density at radius 1 is 1.00 bits per heavy atom. The fourth-order valence-corrected chi connectivity index (χ4v) is 5.38. The smallest absolute Gasteiger partial charge is 0.238 e. The van der Waals surface area contributed by atoms with Gasteiger partial charge in [0.25, 0.3) is 0 Å². The number of nitrogens with one attached hydrogen (secondary N) is 2. The molecule has 2 fully saturated rings. The van der Waals surface area contributed by atoms with Gasteiger partial charge in [-0.25, -0.2) is 0 Å². The third-order valence-electron chi connectivity index (χ3n) is 7.14. The minimum Gasteiger partial charge on any atom is -0.336 e. The number of hydrogen-bond donors (Lipinski definition) is 3. The van der Waals surface area contributed by atoms with E-state index >= 15 is 0 Å². The van der Waals surface area contributed by atoms with Crippen molar-refractivity contribution in [2.45, 2.75) is 75.0 Å². The van der Waals surface area contributed by atoms with Crippen molar-refractivity contribution in [3.63, 3.8) is 0 Å². The van der Waals surface area contributed by atoms with Crippen molar-refractivity contribution in [3.8, 4) is 6.07 Å². The topological polar surface area (TPSA) is 90.9 Å². The monoisotopic (exact) mass is 430 g/mol. The Balaban J connectivity index is 1.54. The van der Waals surface area contributed by atoms with E-state index in [1.54, 1.807) is 0 Å². The average Bonchev–Trinajstić information content (AvgIpc) is 2.85. The van der Waals surface area contributed by atoms with Gasteiger partial charge in [-0.15, -0.1) is 0 Å². The summed E-state index contributed by atoms with van der Waals surface area (Å²) in [5.41, 5.74) is 7.61. The first-order valence-electron chi connectivity index (χ1n) is 11.9. The van der Waals surface area contributed by atoms with E-state index in [0.29, 0.717) is 25.2 Å². The molecule has 0 aromatic heterocycles. The van der Waals surface area contributed by atoms with E-state index < -0.39 is 11.6 Å². The molecule has 4 rings (SSSR count). The number of nitrogens with two attached hydrogens (primary N) is 1. The first-order valence-corrected chi connectivity index (χ1v) is 11.9. The Hall–Kier alpha value is -2.68. The molecule has 0 radical (unpaired) electrons. The molecule has 2 aromatic carbocycles. The summed E-state index contributed by atoms with van der Waals surface area (Å²) in [7, 11) is 0. The molecule has 5 nitrogen and oxygen atoms in total. The summed E-state index contributed by atoms with van der Waals surface area (Å²) >= 11 is 0. The van der Waals surface area contributed by atoms with Crippen molar-refractivity contribution in [1.82, 2.24) is 10.6 Å². The van der Waals surface area contributed by atoms with Crippen molar-refractivity contribution in [1.29, 1.82) is 5.26 Å². The lowest BCUT2D eigenvalue weighted by Crippen LogP contribution is -2.58. The van der Waals surface area contributed by atoms with E-state index in [-0.39, 0.29) is 18.0 Å². The first-order chi connectivity index (χ1) is 15.6. The molecule has 1 aliphatic carbocycles. The number of nitrogens with zero attached hydrogens (tertiary/aromatic N) is 1. The van der Waals surface area contributed by atoms with E-state index in [1.165, 1.54) is 19.3 Å². The summed E-state index contributed by atoms with van der Waals surface area (Å²) < 4.78 is 0. The molecule has 5 heteroatoms. The van der Waals surface area contributed by atoms with Crippen LogP contribution < -0.4 is 16.4 Å². The Morgan fingerprint density at radius 2 is 1.53 bits per heavy atom. The van der Waals surface area contributed by atoms with Crippen LogP contribution in [-0.2, 0) is 4.79 Å². The molecular weight excluding hydrogens is 396 g/mol. The highest BCUT2D eigenvalue weighted by Gasteiger charge is 2.43. The Labute approximate surface area is 191 Å². The van der Waals surface area contributed by atoms with Gasteiger partial charge in [-0.1, -0.05) is 92.8 Å². The number of rotatable bonds is 6. The molecule has 1 heterocycles. The lowest BCUT2D eigenvalue weighted by molar-refractivity contribution is -0.124. The largest absolute Gasteiger partial charge is 0.336 e. The summed E-state index contributed by atoms with van der Waals surface area (Å²) in [6.07, 6.45) is 7.77. The van der Waals surface area contributed by atoms with Crippen LogP contribution in [0.4, 0.5) is 0 Å². The maximum absolute atomic E-state index is 13.1. The van der Waals surface area contributed by atoms with Crippen LogP contribution in [0, 0.1) is 17.2 Å². The highest BCUT2D eigenvalue weighted by molar-refractivity contribution is 5.82. The Morgan fingerprint density at radius 3 is 2.03 bits per heavy atom. The Bertz CT molecular complexity index is 870. The summed E-state index contributed by atoms with van der Waals surface area (Å²) in [6, 6.07) is 22.2. The molecule has 1 amide bonds. The van der Waals surface area contributed by atoms with Gasteiger partial charge in [-0.3, -0.25) is 4.79 Å². The van der Waals surface area contributed by atoms with Crippen molar-refractivity contribution in [2.24, 2.45) is 11.7 Å². The lowest BCUT2D eigenvalue weighted by atomic mass is 9.77. The molecule has 2 aromatic rings. The SMILES string of the molecule is N#CC1(NC(=O)C(N)CC2CCCCC2)CC(c2ccccc2)NC(c2ccccc2)C1. The zero-order chi connectivity index (χ0) is 22.4. The molecule has 1 saturated carbocycles. The molecule has 4 N–H and O–H groups in total. The van der Waals surface area contributed by atoms with Crippen molar-refractivity contribution in [2.75, 3.05) is 0 Å². The van der Waals surface area contributed by atoms with Crippen LogP contribution in [-0.4, -0.2) is 17.5 Å². The zero-order valence-corrected chi connectivity index (χ0v) is 18.7. The van der Waals surface area contributed by atoms with Gasteiger partial charge < -0.3 is 16.4 Å². The van der Waals surface area contributed by atoms with Gasteiger partial charge in [0.1, 0.15) is 5.54 Å². The lowest BCUT2D eigenvalue weighted by Gasteiger charge is -2.42. The van der Waals surface area contributed by atoms with Crippen molar-refractivity contribution >= 4 is 5.91 Å². The van der Waals surface area contributed by atoms with E-state index in [2.05, 4.69) is 41.0 Å². The minimum atomic E-state index is -0.965. The van der Waals surface area contributed by atoms with E-state index in [9.17, 15) is 10.1 Å². The van der Waals surface area contributed by atoms with Crippen LogP contribution in [0.25, 0.3) is 0 Å². The van der Waals surface area contributed by atoms with Crippen molar-refractivity contribution in [3.05, 3.63) is 71.8 Å². The standard InChI is InChI=1S/C27H34N4O/c28-19-27(31-26(32)23(29)16-20-10-4-1-5-11-20)17-24(21-12-6-2-7-13-21)30-25(18-27)22-14-8-3-9-15-22/h2-3,6-9,12-15,20,23-25,30H,1,4-5,10-11,16-18,29H2,(H,31,32). The highest BCUT2D eigenvalue weighted by atomic mass is 16.2. The van der Waals surface area contributed by atoms with E-state index in [4.69, 9.17) is 5.73 Å². The van der Waals surface area contributed by atoms with Gasteiger partial charge in [-0.05, 0) is 23.5 Å². The van der Waals surface area contributed by atoms with Crippen LogP contribution in [0.15, 0.2) is 60.7 Å². The maximum Gasteiger partial charge on any atom is 0.238 e. The number of hydrogen-bond acceptors (Lipinski definition) is 4. The van der Waals surface area contributed by atoms with Crippen LogP contribution in [0.3, 0.4) is 0 Å². The highest BCUT2D eigenvalue weighted by Crippen LogP contribution is 2.39. The fraction of sp³-hybridized carbons (Fsp3) is 0.481. The number of amides is 1. The van der Waals surface area contributed by atoms with Gasteiger partial charge in [0.2, 0.25) is 5.91 Å². The van der Waals surface area contributed by atoms with Gasteiger partial charge in [-0.2, -0.15) is 5.26 Å². The summed E-state index contributed by atoms with van der Waals surface area (Å²) in [5.74, 6) is 0.322. The Kier molecular flexibility index (Phi) is 7.24. The fourth-order valence-electron chi connectivity index (χ4n) is 5.38. The summed E-state index contributed by atoms with van der Waals surface area (Å²) in [5, 5.41) is 17.1. The second-order valence-electron chi connectivity index (χ2n) is 9.53. The third kappa shape index (κ3) is 5.38. The number of carbonyl (C=O) groups excluding carboxylic acids is 1.